The summed E-state index contributed by atoms with van der Waals surface area (Å²) in [6.45, 7) is 1.39. The van der Waals surface area contributed by atoms with E-state index in [-0.39, 0.29) is 11.9 Å². The molecule has 0 aliphatic carbocycles. The molecular weight excluding hydrogens is 270 g/mol. The molecule has 120 valence electrons. The molecule has 5 heteroatoms. The number of esters is 1. The summed E-state index contributed by atoms with van der Waals surface area (Å²) in [5.41, 5.74) is 0. The van der Waals surface area contributed by atoms with Gasteiger partial charge in [-0.05, 0) is 19.3 Å². The van der Waals surface area contributed by atoms with E-state index in [2.05, 4.69) is 10.1 Å². The SMILES string of the molecule is COC(=O)CCCCCCCC/C=C/C(C=O)NC(C)=O. The molecule has 21 heavy (non-hydrogen) atoms. The fourth-order valence-corrected chi connectivity index (χ4v) is 1.95. The Hall–Kier alpha value is -1.65. The van der Waals surface area contributed by atoms with E-state index in [4.69, 9.17) is 0 Å². The van der Waals surface area contributed by atoms with Crippen molar-refractivity contribution in [2.75, 3.05) is 7.11 Å². The summed E-state index contributed by atoms with van der Waals surface area (Å²) >= 11 is 0. The minimum absolute atomic E-state index is 0.135. The maximum atomic E-state index is 10.9. The van der Waals surface area contributed by atoms with Crippen molar-refractivity contribution in [2.45, 2.75) is 64.3 Å². The Morgan fingerprint density at radius 1 is 1.10 bits per heavy atom. The van der Waals surface area contributed by atoms with Crippen molar-refractivity contribution in [3.05, 3.63) is 12.2 Å². The summed E-state index contributed by atoms with van der Waals surface area (Å²) in [6, 6.07) is -0.513. The molecule has 0 bridgehead atoms. The first kappa shape index (κ1) is 19.4. The summed E-state index contributed by atoms with van der Waals surface area (Å²) in [6.07, 6.45) is 12.2. The molecule has 0 saturated carbocycles. The van der Waals surface area contributed by atoms with Crippen LogP contribution in [0.1, 0.15) is 58.3 Å². The standard InChI is InChI=1S/C16H27NO4/c1-14(19)17-15(13-18)11-9-7-5-3-4-6-8-10-12-16(20)21-2/h9,11,13,15H,3-8,10,12H2,1-2H3,(H,17,19)/b11-9+. The zero-order chi connectivity index (χ0) is 15.9. The minimum Gasteiger partial charge on any atom is -0.469 e. The lowest BCUT2D eigenvalue weighted by atomic mass is 10.1. The molecule has 1 unspecified atom stereocenters. The molecule has 0 aromatic heterocycles. The zero-order valence-electron chi connectivity index (χ0n) is 13.1. The molecule has 0 radical (unpaired) electrons. The normalized spacial score (nSPS) is 12.1. The summed E-state index contributed by atoms with van der Waals surface area (Å²) in [5.74, 6) is -0.340. The lowest BCUT2D eigenvalue weighted by Gasteiger charge is -2.05. The highest BCUT2D eigenvalue weighted by Gasteiger charge is 2.02. The first-order valence-electron chi connectivity index (χ1n) is 7.56. The molecule has 1 N–H and O–H groups in total. The fourth-order valence-electron chi connectivity index (χ4n) is 1.95. The van der Waals surface area contributed by atoms with Gasteiger partial charge in [0.05, 0.1) is 7.11 Å². The highest BCUT2D eigenvalue weighted by atomic mass is 16.5. The highest BCUT2D eigenvalue weighted by molar-refractivity contribution is 5.78. The number of methoxy groups -OCH3 is 1. The molecule has 0 aliphatic heterocycles. The molecule has 0 aliphatic rings. The largest absolute Gasteiger partial charge is 0.469 e. The van der Waals surface area contributed by atoms with Gasteiger partial charge in [-0.25, -0.2) is 0 Å². The van der Waals surface area contributed by atoms with E-state index in [1.165, 1.54) is 14.0 Å². The van der Waals surface area contributed by atoms with Crippen LogP contribution in [-0.4, -0.2) is 31.3 Å². The van der Waals surface area contributed by atoms with E-state index in [9.17, 15) is 14.4 Å². The molecule has 0 spiro atoms. The lowest BCUT2D eigenvalue weighted by molar-refractivity contribution is -0.140. The Kier molecular flexibility index (Phi) is 12.3. The van der Waals surface area contributed by atoms with Crippen LogP contribution in [0.4, 0.5) is 0 Å². The number of ether oxygens (including phenoxy) is 1. The summed E-state index contributed by atoms with van der Waals surface area (Å²) < 4.78 is 4.58. The average molecular weight is 297 g/mol. The van der Waals surface area contributed by atoms with Gasteiger partial charge in [0.25, 0.3) is 0 Å². The lowest BCUT2D eigenvalue weighted by Crippen LogP contribution is -2.32. The number of carbonyl (C=O) groups excluding carboxylic acids is 3. The van der Waals surface area contributed by atoms with Crippen LogP contribution in [0.15, 0.2) is 12.2 Å². The van der Waals surface area contributed by atoms with Crippen LogP contribution < -0.4 is 5.32 Å². The van der Waals surface area contributed by atoms with Crippen LogP contribution in [0.25, 0.3) is 0 Å². The molecule has 0 heterocycles. The maximum Gasteiger partial charge on any atom is 0.305 e. The van der Waals surface area contributed by atoms with Gasteiger partial charge >= 0.3 is 5.97 Å². The highest BCUT2D eigenvalue weighted by Crippen LogP contribution is 2.09. The number of hydrogen-bond acceptors (Lipinski definition) is 4. The first-order chi connectivity index (χ1) is 10.1. The number of allylic oxidation sites excluding steroid dienone is 1. The summed E-state index contributed by atoms with van der Waals surface area (Å²) in [7, 11) is 1.41. The van der Waals surface area contributed by atoms with Gasteiger partial charge < -0.3 is 14.8 Å². The van der Waals surface area contributed by atoms with Crippen molar-refractivity contribution in [2.24, 2.45) is 0 Å². The van der Waals surface area contributed by atoms with Crippen molar-refractivity contribution < 1.29 is 19.1 Å². The van der Waals surface area contributed by atoms with Crippen LogP contribution >= 0.6 is 0 Å². The van der Waals surface area contributed by atoms with Crippen molar-refractivity contribution in [1.29, 1.82) is 0 Å². The quantitative estimate of drug-likeness (QED) is 0.260. The van der Waals surface area contributed by atoms with Crippen molar-refractivity contribution >= 4 is 18.2 Å². The monoisotopic (exact) mass is 297 g/mol. The van der Waals surface area contributed by atoms with Gasteiger partial charge in [0, 0.05) is 13.3 Å². The number of carbonyl (C=O) groups is 3. The Labute approximate surface area is 127 Å². The third kappa shape index (κ3) is 13.1. The predicted octanol–water partition coefficient (Wildman–Crippen LogP) is 2.54. The van der Waals surface area contributed by atoms with Gasteiger partial charge in [-0.1, -0.05) is 37.8 Å². The van der Waals surface area contributed by atoms with E-state index in [0.29, 0.717) is 6.42 Å². The molecule has 1 atom stereocenters. The molecule has 0 aromatic carbocycles. The smallest absolute Gasteiger partial charge is 0.305 e. The topological polar surface area (TPSA) is 72.5 Å². The third-order valence-corrected chi connectivity index (χ3v) is 3.09. The molecule has 5 nitrogen and oxygen atoms in total. The average Bonchev–Trinajstić information content (AvgIpc) is 2.47. The van der Waals surface area contributed by atoms with Gasteiger partial charge in [-0.2, -0.15) is 0 Å². The van der Waals surface area contributed by atoms with Gasteiger partial charge in [-0.3, -0.25) is 9.59 Å². The Morgan fingerprint density at radius 2 is 1.71 bits per heavy atom. The second kappa shape index (κ2) is 13.3. The minimum atomic E-state index is -0.513. The summed E-state index contributed by atoms with van der Waals surface area (Å²) in [5, 5.41) is 2.54. The van der Waals surface area contributed by atoms with Gasteiger partial charge in [-0.15, -0.1) is 0 Å². The Balaban J connectivity index is 3.44. The molecule has 0 fully saturated rings. The van der Waals surface area contributed by atoms with E-state index in [0.717, 1.165) is 51.2 Å². The third-order valence-electron chi connectivity index (χ3n) is 3.09. The molecular formula is C16H27NO4. The Morgan fingerprint density at radius 3 is 2.29 bits per heavy atom. The molecule has 0 saturated heterocycles. The van der Waals surface area contributed by atoms with Crippen molar-refractivity contribution in [3.63, 3.8) is 0 Å². The number of amides is 1. The second-order valence-electron chi connectivity index (χ2n) is 5.03. The molecule has 0 rings (SSSR count). The van der Waals surface area contributed by atoms with Crippen molar-refractivity contribution in [3.8, 4) is 0 Å². The van der Waals surface area contributed by atoms with Gasteiger partial charge in [0.15, 0.2) is 0 Å². The second-order valence-corrected chi connectivity index (χ2v) is 5.03. The van der Waals surface area contributed by atoms with Crippen LogP contribution in [0.5, 0.6) is 0 Å². The van der Waals surface area contributed by atoms with E-state index in [1.807, 2.05) is 6.08 Å². The van der Waals surface area contributed by atoms with E-state index >= 15 is 0 Å². The number of unbranched alkanes of at least 4 members (excludes halogenated alkanes) is 6. The number of hydrogen-bond donors (Lipinski definition) is 1. The fraction of sp³-hybridized carbons (Fsp3) is 0.688. The number of nitrogens with one attached hydrogen (secondary N) is 1. The Bertz CT molecular complexity index is 339. The van der Waals surface area contributed by atoms with Crippen LogP contribution in [0.3, 0.4) is 0 Å². The van der Waals surface area contributed by atoms with Crippen molar-refractivity contribution in [1.82, 2.24) is 5.32 Å². The zero-order valence-corrected chi connectivity index (χ0v) is 13.1. The molecule has 1 amide bonds. The van der Waals surface area contributed by atoms with Gasteiger partial charge in [0.1, 0.15) is 12.3 Å². The van der Waals surface area contributed by atoms with Crippen LogP contribution in [0, 0.1) is 0 Å². The van der Waals surface area contributed by atoms with E-state index in [1.54, 1.807) is 6.08 Å². The van der Waals surface area contributed by atoms with Gasteiger partial charge in [0.2, 0.25) is 5.91 Å². The predicted molar refractivity (Wildman–Crippen MR) is 81.8 cm³/mol. The number of aldehydes is 1. The van der Waals surface area contributed by atoms with Crippen LogP contribution in [0.2, 0.25) is 0 Å². The summed E-state index contributed by atoms with van der Waals surface area (Å²) in [4.78, 5) is 32.4. The molecule has 0 aromatic rings. The number of rotatable bonds is 12. The van der Waals surface area contributed by atoms with E-state index < -0.39 is 6.04 Å². The maximum absolute atomic E-state index is 10.9. The van der Waals surface area contributed by atoms with Crippen LogP contribution in [-0.2, 0) is 19.1 Å². The first-order valence-corrected chi connectivity index (χ1v) is 7.56.